The van der Waals surface area contributed by atoms with Crippen LogP contribution in [0.1, 0.15) is 74.4 Å². The molecule has 0 radical (unpaired) electrons. The minimum atomic E-state index is -3.85. The molecular weight excluding hydrogens is 544 g/mol. The van der Waals surface area contributed by atoms with E-state index in [4.69, 9.17) is 16.3 Å². The van der Waals surface area contributed by atoms with E-state index in [1.54, 1.807) is 13.0 Å². The van der Waals surface area contributed by atoms with Crippen LogP contribution in [0.15, 0.2) is 48.6 Å². The molecule has 8 heteroatoms. The Morgan fingerprint density at radius 3 is 2.62 bits per heavy atom. The number of aryl methyl sites for hydroxylation is 1. The predicted molar refractivity (Wildman–Crippen MR) is 162 cm³/mol. The number of sulfonamides is 1. The van der Waals surface area contributed by atoms with E-state index in [1.165, 1.54) is 18.4 Å². The van der Waals surface area contributed by atoms with Crippen molar-refractivity contribution in [3.63, 3.8) is 0 Å². The molecule has 0 spiro atoms. The van der Waals surface area contributed by atoms with Gasteiger partial charge in [-0.05, 0) is 111 Å². The van der Waals surface area contributed by atoms with Crippen molar-refractivity contribution < 1.29 is 17.9 Å². The Labute approximate surface area is 244 Å². The zero-order valence-electron chi connectivity index (χ0n) is 23.7. The normalized spacial score (nSPS) is 29.9. The summed E-state index contributed by atoms with van der Waals surface area (Å²) in [5.41, 5.74) is 3.49. The van der Waals surface area contributed by atoms with Gasteiger partial charge >= 0.3 is 0 Å². The average Bonchev–Trinajstić information content (AvgIpc) is 2.92. The van der Waals surface area contributed by atoms with E-state index in [1.807, 2.05) is 37.3 Å². The Hall–Kier alpha value is -2.51. The fourth-order valence-electron chi connectivity index (χ4n) is 6.31. The molecule has 0 aromatic heterocycles. The standard InChI is InChI=1S/C32H41ClN2O4S/c1-21-7-6-8-22(2)29-14-11-26(29)19-35-16-5-4-9-24-17-28(33)13-10-27(24)20-39-31-15-12-25(18-30(31)35)32(36)34-40(37,38)23(21)3/h6,8,10,12-13,15,17-18,21-23,26,29H,4-5,7,9,11,14,16,19-20H2,1-3H3,(H,34,36)/b8-6+/t21-,22-,23+,26-,29-/m0/s1. The molecule has 0 unspecified atom stereocenters. The molecule has 0 saturated heterocycles. The highest BCUT2D eigenvalue weighted by Gasteiger charge is 2.36. The van der Waals surface area contributed by atoms with E-state index in [9.17, 15) is 13.2 Å². The zero-order chi connectivity index (χ0) is 28.4. The molecule has 2 aromatic carbocycles. The summed E-state index contributed by atoms with van der Waals surface area (Å²) < 4.78 is 35.0. The summed E-state index contributed by atoms with van der Waals surface area (Å²) in [5, 5.41) is 0.0302. The van der Waals surface area contributed by atoms with Crippen molar-refractivity contribution >= 4 is 33.2 Å². The second-order valence-corrected chi connectivity index (χ2v) is 14.4. The van der Waals surface area contributed by atoms with Crippen molar-refractivity contribution in [3.8, 4) is 5.75 Å². The quantitative estimate of drug-likeness (QED) is 0.346. The molecule has 3 aliphatic rings. The van der Waals surface area contributed by atoms with Gasteiger partial charge in [-0.15, -0.1) is 0 Å². The molecule has 216 valence electrons. The summed E-state index contributed by atoms with van der Waals surface area (Å²) in [4.78, 5) is 15.7. The van der Waals surface area contributed by atoms with Gasteiger partial charge in [-0.3, -0.25) is 4.79 Å². The monoisotopic (exact) mass is 584 g/mol. The maximum Gasteiger partial charge on any atom is 0.264 e. The van der Waals surface area contributed by atoms with Crippen LogP contribution < -0.4 is 14.4 Å². The first-order chi connectivity index (χ1) is 19.1. The highest BCUT2D eigenvalue weighted by atomic mass is 35.5. The number of halogens is 1. The van der Waals surface area contributed by atoms with Crippen LogP contribution in [-0.2, 0) is 23.1 Å². The van der Waals surface area contributed by atoms with E-state index in [0.29, 0.717) is 42.1 Å². The van der Waals surface area contributed by atoms with Crippen LogP contribution in [0.2, 0.25) is 5.02 Å². The largest absolute Gasteiger partial charge is 0.487 e. The topological polar surface area (TPSA) is 75.7 Å². The van der Waals surface area contributed by atoms with Crippen LogP contribution in [-0.4, -0.2) is 32.7 Å². The molecule has 2 heterocycles. The molecule has 2 aromatic rings. The first-order valence-corrected chi connectivity index (χ1v) is 16.6. The van der Waals surface area contributed by atoms with E-state index >= 15 is 0 Å². The molecular formula is C32H41ClN2O4S. The van der Waals surface area contributed by atoms with Gasteiger partial charge in [0, 0.05) is 23.7 Å². The molecule has 2 aliphatic heterocycles. The average molecular weight is 585 g/mol. The zero-order valence-corrected chi connectivity index (χ0v) is 25.3. The predicted octanol–water partition coefficient (Wildman–Crippen LogP) is 6.77. The third-order valence-electron chi connectivity index (χ3n) is 9.32. The molecule has 2 bridgehead atoms. The summed E-state index contributed by atoms with van der Waals surface area (Å²) >= 11 is 6.31. The lowest BCUT2D eigenvalue weighted by atomic mass is 9.67. The van der Waals surface area contributed by atoms with Crippen LogP contribution >= 0.6 is 11.6 Å². The number of fused-ring (bicyclic) bond motifs is 3. The summed E-state index contributed by atoms with van der Waals surface area (Å²) in [6.45, 7) is 8.01. The van der Waals surface area contributed by atoms with E-state index in [2.05, 4.69) is 28.7 Å². The van der Waals surface area contributed by atoms with Crippen LogP contribution in [0.4, 0.5) is 5.69 Å². The summed E-state index contributed by atoms with van der Waals surface area (Å²) in [6, 6.07) is 11.3. The minimum Gasteiger partial charge on any atom is -0.487 e. The van der Waals surface area contributed by atoms with Crippen molar-refractivity contribution in [2.45, 2.75) is 71.2 Å². The van der Waals surface area contributed by atoms with Crippen molar-refractivity contribution in [2.24, 2.45) is 23.7 Å². The molecule has 1 aliphatic carbocycles. The van der Waals surface area contributed by atoms with Gasteiger partial charge in [0.2, 0.25) is 10.0 Å². The lowest BCUT2D eigenvalue weighted by Gasteiger charge is -2.43. The molecule has 1 fully saturated rings. The summed E-state index contributed by atoms with van der Waals surface area (Å²) in [7, 11) is -3.85. The third-order valence-corrected chi connectivity index (χ3v) is 11.5. The van der Waals surface area contributed by atoms with Crippen molar-refractivity contribution in [3.05, 3.63) is 70.3 Å². The van der Waals surface area contributed by atoms with Gasteiger partial charge in [0.1, 0.15) is 12.4 Å². The summed E-state index contributed by atoms with van der Waals surface area (Å²) in [6.07, 6.45) is 10.4. The Bertz CT molecular complexity index is 1370. The number of hydrogen-bond acceptors (Lipinski definition) is 5. The molecule has 6 nitrogen and oxygen atoms in total. The Morgan fingerprint density at radius 2 is 1.85 bits per heavy atom. The van der Waals surface area contributed by atoms with E-state index in [-0.39, 0.29) is 5.92 Å². The Morgan fingerprint density at radius 1 is 1.02 bits per heavy atom. The number of nitrogens with one attached hydrogen (secondary N) is 1. The number of anilines is 1. The first-order valence-electron chi connectivity index (χ1n) is 14.6. The number of amides is 1. The van der Waals surface area contributed by atoms with Gasteiger partial charge in [0.15, 0.2) is 0 Å². The van der Waals surface area contributed by atoms with E-state index < -0.39 is 21.2 Å². The van der Waals surface area contributed by atoms with Crippen LogP contribution in [0.5, 0.6) is 5.75 Å². The lowest BCUT2D eigenvalue weighted by molar-refractivity contribution is 0.0981. The SMILES string of the molecule is C[C@@H]1[C@@H](C)C/C=C/[C@H](C)[C@@H]2CC[C@H]2CN2CCCCc3cc(Cl)ccc3COc3ccc(cc32)C(=O)NS1(=O)=O. The van der Waals surface area contributed by atoms with Gasteiger partial charge in [-0.1, -0.05) is 43.7 Å². The molecule has 1 amide bonds. The highest BCUT2D eigenvalue weighted by molar-refractivity contribution is 7.90. The number of carbonyl (C=O) groups excluding carboxylic acids is 1. The number of allylic oxidation sites excluding steroid dienone is 2. The maximum atomic E-state index is 13.3. The van der Waals surface area contributed by atoms with Gasteiger partial charge in [-0.25, -0.2) is 13.1 Å². The fraction of sp³-hybridized carbons (Fsp3) is 0.531. The second kappa shape index (κ2) is 12.2. The number of nitrogens with zero attached hydrogens (tertiary/aromatic N) is 1. The Kier molecular flexibility index (Phi) is 8.81. The van der Waals surface area contributed by atoms with Gasteiger partial charge in [-0.2, -0.15) is 0 Å². The fourth-order valence-corrected chi connectivity index (χ4v) is 7.79. The third kappa shape index (κ3) is 6.36. The Balaban J connectivity index is 1.54. The number of rotatable bonds is 0. The van der Waals surface area contributed by atoms with Gasteiger partial charge in [0.25, 0.3) is 5.91 Å². The van der Waals surface area contributed by atoms with Crippen molar-refractivity contribution in [1.82, 2.24) is 4.72 Å². The van der Waals surface area contributed by atoms with Gasteiger partial charge in [0.05, 0.1) is 10.9 Å². The number of carbonyl (C=O) groups is 1. The van der Waals surface area contributed by atoms with Crippen molar-refractivity contribution in [2.75, 3.05) is 18.0 Å². The lowest BCUT2D eigenvalue weighted by Crippen LogP contribution is -2.41. The molecule has 1 saturated carbocycles. The van der Waals surface area contributed by atoms with E-state index in [0.717, 1.165) is 48.6 Å². The smallest absolute Gasteiger partial charge is 0.264 e. The first kappa shape index (κ1) is 29.0. The van der Waals surface area contributed by atoms with Crippen LogP contribution in [0.3, 0.4) is 0 Å². The highest BCUT2D eigenvalue weighted by Crippen LogP contribution is 2.43. The minimum absolute atomic E-state index is 0.118. The van der Waals surface area contributed by atoms with Crippen LogP contribution in [0, 0.1) is 23.7 Å². The van der Waals surface area contributed by atoms with Gasteiger partial charge < -0.3 is 9.64 Å². The molecule has 5 rings (SSSR count). The number of benzene rings is 2. The second-order valence-electron chi connectivity index (χ2n) is 12.0. The number of ether oxygens (including phenoxy) is 1. The molecule has 40 heavy (non-hydrogen) atoms. The molecule has 5 atom stereocenters. The number of hydrogen-bond donors (Lipinski definition) is 1. The van der Waals surface area contributed by atoms with Crippen molar-refractivity contribution in [1.29, 1.82) is 0 Å². The molecule has 1 N–H and O–H groups in total. The summed E-state index contributed by atoms with van der Waals surface area (Å²) in [5.74, 6) is 1.54. The van der Waals surface area contributed by atoms with Crippen LogP contribution in [0.25, 0.3) is 0 Å². The maximum absolute atomic E-state index is 13.3.